The molecule has 35 heavy (non-hydrogen) atoms. The van der Waals surface area contributed by atoms with Crippen LogP contribution in [0.2, 0.25) is 0 Å². The summed E-state index contributed by atoms with van der Waals surface area (Å²) in [5.41, 5.74) is 8.29. The topological polar surface area (TPSA) is 3.24 Å². The van der Waals surface area contributed by atoms with E-state index in [1.165, 1.54) is 33.4 Å². The van der Waals surface area contributed by atoms with Crippen molar-refractivity contribution in [3.8, 4) is 0 Å². The minimum Gasteiger partial charge on any atom is -0.364 e. The Hall–Kier alpha value is -4.36. The first kappa shape index (κ1) is 23.8. The Morgan fingerprint density at radius 1 is 0.486 bits per heavy atom. The molecule has 4 aromatic rings. The molecule has 0 aliphatic heterocycles. The maximum Gasteiger partial charge on any atom is 0.0372 e. The van der Waals surface area contributed by atoms with Crippen molar-refractivity contribution in [1.29, 1.82) is 0 Å². The van der Waals surface area contributed by atoms with E-state index in [4.69, 9.17) is 0 Å². The van der Waals surface area contributed by atoms with Crippen LogP contribution in [0.4, 0.5) is 5.69 Å². The third-order valence-electron chi connectivity index (χ3n) is 5.91. The van der Waals surface area contributed by atoms with E-state index in [2.05, 4.69) is 145 Å². The Bertz CT molecular complexity index is 1230. The fourth-order valence-corrected chi connectivity index (χ4v) is 4.19. The largest absolute Gasteiger partial charge is 0.364 e. The van der Waals surface area contributed by atoms with Crippen molar-refractivity contribution in [2.75, 3.05) is 18.0 Å². The Morgan fingerprint density at radius 3 is 1.17 bits per heavy atom. The predicted octanol–water partition coefficient (Wildman–Crippen LogP) is 8.43. The maximum absolute atomic E-state index is 3.89. The average molecular weight is 454 g/mol. The van der Waals surface area contributed by atoms with Gasteiger partial charge in [-0.3, -0.25) is 0 Å². The van der Waals surface area contributed by atoms with Gasteiger partial charge in [0.25, 0.3) is 0 Å². The van der Waals surface area contributed by atoms with Crippen LogP contribution in [0.3, 0.4) is 0 Å². The standard InChI is InChI=1S/C34H31N/c1-3-26-35(27-4-2)32-22-20-31(21-23-32)34(30-18-12-7-13-19-30)25-24-33(28-14-8-5-9-15-28)29-16-10-6-11-17-29/h3-25H,1-2,26-27H2. The van der Waals surface area contributed by atoms with Gasteiger partial charge >= 0.3 is 0 Å². The third-order valence-corrected chi connectivity index (χ3v) is 5.91. The molecule has 0 bridgehead atoms. The normalized spacial score (nSPS) is 10.9. The van der Waals surface area contributed by atoms with E-state index in [1.807, 2.05) is 12.2 Å². The zero-order valence-corrected chi connectivity index (χ0v) is 20.1. The van der Waals surface area contributed by atoms with Crippen LogP contribution >= 0.6 is 0 Å². The summed E-state index contributed by atoms with van der Waals surface area (Å²) in [4.78, 5) is 2.25. The first-order chi connectivity index (χ1) is 17.3. The van der Waals surface area contributed by atoms with Crippen molar-refractivity contribution >= 4 is 16.8 Å². The lowest BCUT2D eigenvalue weighted by molar-refractivity contribution is 0.957. The minimum atomic E-state index is 0.785. The van der Waals surface area contributed by atoms with Crippen LogP contribution in [0.1, 0.15) is 22.3 Å². The Morgan fingerprint density at radius 2 is 0.829 bits per heavy atom. The van der Waals surface area contributed by atoms with Gasteiger partial charge in [0.2, 0.25) is 0 Å². The summed E-state index contributed by atoms with van der Waals surface area (Å²) in [6, 6.07) is 40.5. The SMILES string of the molecule is C=CCN(CC=C)c1ccc(C(=CC=C(c2ccccc2)c2ccccc2)c2ccccc2)cc1. The molecule has 0 saturated carbocycles. The van der Waals surface area contributed by atoms with Crippen molar-refractivity contribution in [2.24, 2.45) is 0 Å². The minimum absolute atomic E-state index is 0.785. The molecule has 0 amide bonds. The molecular weight excluding hydrogens is 422 g/mol. The molecule has 1 heteroatoms. The van der Waals surface area contributed by atoms with Crippen LogP contribution in [-0.4, -0.2) is 13.1 Å². The number of nitrogens with zero attached hydrogens (tertiary/aromatic N) is 1. The molecule has 0 aliphatic rings. The molecule has 0 unspecified atom stereocenters. The monoisotopic (exact) mass is 453 g/mol. The van der Waals surface area contributed by atoms with Crippen molar-refractivity contribution in [1.82, 2.24) is 0 Å². The van der Waals surface area contributed by atoms with Gasteiger partial charge in [0.1, 0.15) is 0 Å². The maximum atomic E-state index is 3.89. The average Bonchev–Trinajstić information content (AvgIpc) is 2.93. The lowest BCUT2D eigenvalue weighted by atomic mass is 9.94. The van der Waals surface area contributed by atoms with Gasteiger partial charge in [-0.25, -0.2) is 0 Å². The van der Waals surface area contributed by atoms with Crippen molar-refractivity contribution in [2.45, 2.75) is 0 Å². The van der Waals surface area contributed by atoms with Crippen molar-refractivity contribution in [3.63, 3.8) is 0 Å². The first-order valence-electron chi connectivity index (χ1n) is 12.0. The highest BCUT2D eigenvalue weighted by molar-refractivity contribution is 5.86. The molecule has 0 spiro atoms. The summed E-state index contributed by atoms with van der Waals surface area (Å²) >= 11 is 0. The van der Waals surface area contributed by atoms with Crippen LogP contribution in [0.5, 0.6) is 0 Å². The number of benzene rings is 4. The lowest BCUT2D eigenvalue weighted by Gasteiger charge is -2.22. The second-order valence-corrected chi connectivity index (χ2v) is 8.29. The molecule has 0 heterocycles. The van der Waals surface area contributed by atoms with E-state index in [1.54, 1.807) is 0 Å². The molecule has 0 fully saturated rings. The number of rotatable bonds is 10. The Labute approximate surface area is 209 Å². The van der Waals surface area contributed by atoms with Crippen molar-refractivity contribution < 1.29 is 0 Å². The number of hydrogen-bond acceptors (Lipinski definition) is 1. The fraction of sp³-hybridized carbons (Fsp3) is 0.0588. The summed E-state index contributed by atoms with van der Waals surface area (Å²) in [7, 11) is 0. The zero-order chi connectivity index (χ0) is 24.3. The van der Waals surface area contributed by atoms with Crippen LogP contribution in [0.15, 0.2) is 153 Å². The van der Waals surface area contributed by atoms with Gasteiger partial charge < -0.3 is 4.90 Å². The van der Waals surface area contributed by atoms with Gasteiger partial charge in [-0.15, -0.1) is 13.2 Å². The fourth-order valence-electron chi connectivity index (χ4n) is 4.19. The van der Waals surface area contributed by atoms with E-state index in [0.717, 1.165) is 18.8 Å². The first-order valence-corrected chi connectivity index (χ1v) is 12.0. The quantitative estimate of drug-likeness (QED) is 0.172. The molecule has 4 aromatic carbocycles. The van der Waals surface area contributed by atoms with E-state index in [0.29, 0.717) is 0 Å². The van der Waals surface area contributed by atoms with Crippen LogP contribution in [0, 0.1) is 0 Å². The molecule has 0 saturated heterocycles. The van der Waals surface area contributed by atoms with E-state index in [-0.39, 0.29) is 0 Å². The van der Waals surface area contributed by atoms with Gasteiger partial charge in [-0.05, 0) is 45.5 Å². The van der Waals surface area contributed by atoms with Crippen LogP contribution in [0.25, 0.3) is 11.1 Å². The van der Waals surface area contributed by atoms with E-state index < -0.39 is 0 Å². The second-order valence-electron chi connectivity index (χ2n) is 8.29. The Balaban J connectivity index is 1.79. The molecule has 1 nitrogen and oxygen atoms in total. The summed E-state index contributed by atoms with van der Waals surface area (Å²) < 4.78 is 0. The van der Waals surface area contributed by atoms with E-state index >= 15 is 0 Å². The summed E-state index contributed by atoms with van der Waals surface area (Å²) in [5.74, 6) is 0. The number of allylic oxidation sites excluding steroid dienone is 2. The molecular formula is C34H31N. The van der Waals surface area contributed by atoms with Gasteiger partial charge in [-0.1, -0.05) is 127 Å². The van der Waals surface area contributed by atoms with Crippen molar-refractivity contribution in [3.05, 3.63) is 175 Å². The van der Waals surface area contributed by atoms with Gasteiger partial charge in [0, 0.05) is 18.8 Å². The smallest absolute Gasteiger partial charge is 0.0372 e. The molecule has 0 aliphatic carbocycles. The highest BCUT2D eigenvalue weighted by atomic mass is 15.1. The van der Waals surface area contributed by atoms with Gasteiger partial charge in [-0.2, -0.15) is 0 Å². The number of anilines is 1. The molecule has 0 N–H and O–H groups in total. The third kappa shape index (κ3) is 6.16. The number of hydrogen-bond donors (Lipinski definition) is 0. The molecule has 0 aromatic heterocycles. The highest BCUT2D eigenvalue weighted by Gasteiger charge is 2.09. The summed E-state index contributed by atoms with van der Waals surface area (Å²) in [6.45, 7) is 9.36. The van der Waals surface area contributed by atoms with Gasteiger partial charge in [0.15, 0.2) is 0 Å². The molecule has 0 atom stereocenters. The zero-order valence-electron chi connectivity index (χ0n) is 20.1. The predicted molar refractivity (Wildman–Crippen MR) is 153 cm³/mol. The van der Waals surface area contributed by atoms with Gasteiger partial charge in [0.05, 0.1) is 0 Å². The summed E-state index contributed by atoms with van der Waals surface area (Å²) in [5, 5.41) is 0. The Kier molecular flexibility index (Phi) is 8.29. The molecule has 4 rings (SSSR count). The lowest BCUT2D eigenvalue weighted by Crippen LogP contribution is -2.22. The van der Waals surface area contributed by atoms with Crippen LogP contribution in [-0.2, 0) is 0 Å². The molecule has 0 radical (unpaired) electrons. The molecule has 172 valence electrons. The summed E-state index contributed by atoms with van der Waals surface area (Å²) in [6.07, 6.45) is 8.33. The van der Waals surface area contributed by atoms with Crippen LogP contribution < -0.4 is 4.90 Å². The highest BCUT2D eigenvalue weighted by Crippen LogP contribution is 2.29. The van der Waals surface area contributed by atoms with E-state index in [9.17, 15) is 0 Å². The second kappa shape index (κ2) is 12.2.